The zero-order chi connectivity index (χ0) is 8.98. The molecule has 2 rings (SSSR count). The number of oxime groups is 1. The first kappa shape index (κ1) is 8.09. The lowest BCUT2D eigenvalue weighted by molar-refractivity contribution is 0.237. The van der Waals surface area contributed by atoms with Crippen molar-refractivity contribution in [2.45, 2.75) is 40.0 Å². The summed E-state index contributed by atoms with van der Waals surface area (Å²) in [6.07, 6.45) is 3.42. The van der Waals surface area contributed by atoms with E-state index in [0.717, 1.165) is 18.1 Å². The third kappa shape index (κ3) is 0.838. The van der Waals surface area contributed by atoms with E-state index in [1.54, 1.807) is 0 Å². The molecule has 2 nitrogen and oxygen atoms in total. The molecule has 0 radical (unpaired) electrons. The minimum Gasteiger partial charge on any atom is -0.411 e. The summed E-state index contributed by atoms with van der Waals surface area (Å²) in [6.45, 7) is 6.89. The molecule has 12 heavy (non-hydrogen) atoms. The van der Waals surface area contributed by atoms with Gasteiger partial charge in [-0.25, -0.2) is 0 Å². The highest BCUT2D eigenvalue weighted by molar-refractivity contribution is 5.92. The summed E-state index contributed by atoms with van der Waals surface area (Å²) < 4.78 is 0. The van der Waals surface area contributed by atoms with Crippen molar-refractivity contribution in [3.05, 3.63) is 0 Å². The van der Waals surface area contributed by atoms with Gasteiger partial charge in [-0.05, 0) is 30.6 Å². The fraction of sp³-hybridized carbons (Fsp3) is 0.900. The van der Waals surface area contributed by atoms with Gasteiger partial charge in [-0.2, -0.15) is 0 Å². The van der Waals surface area contributed by atoms with Crippen molar-refractivity contribution in [3.63, 3.8) is 0 Å². The van der Waals surface area contributed by atoms with Crippen LogP contribution in [0.1, 0.15) is 40.0 Å². The van der Waals surface area contributed by atoms with Gasteiger partial charge in [0.1, 0.15) is 0 Å². The van der Waals surface area contributed by atoms with Gasteiger partial charge >= 0.3 is 0 Å². The first-order valence-electron chi connectivity index (χ1n) is 4.69. The third-order valence-electron chi connectivity index (χ3n) is 3.91. The molecular formula is C10H17NO. The van der Waals surface area contributed by atoms with Crippen LogP contribution in [0.4, 0.5) is 0 Å². The largest absolute Gasteiger partial charge is 0.411 e. The lowest BCUT2D eigenvalue weighted by Gasteiger charge is -2.33. The molecule has 0 amide bonds. The molecule has 0 aliphatic heterocycles. The fourth-order valence-corrected chi connectivity index (χ4v) is 3.25. The van der Waals surface area contributed by atoms with Crippen LogP contribution in [0.2, 0.25) is 0 Å². The van der Waals surface area contributed by atoms with E-state index >= 15 is 0 Å². The summed E-state index contributed by atoms with van der Waals surface area (Å²) in [5.74, 6) is 0.744. The molecule has 0 aromatic rings. The second kappa shape index (κ2) is 2.04. The molecule has 2 fully saturated rings. The molecule has 1 N–H and O–H groups in total. The van der Waals surface area contributed by atoms with E-state index in [4.69, 9.17) is 5.21 Å². The second-order valence-electron chi connectivity index (χ2n) is 5.38. The van der Waals surface area contributed by atoms with Gasteiger partial charge in [0, 0.05) is 5.41 Å². The molecule has 2 aliphatic rings. The van der Waals surface area contributed by atoms with Crippen LogP contribution >= 0.6 is 0 Å². The second-order valence-corrected chi connectivity index (χ2v) is 5.38. The van der Waals surface area contributed by atoms with Gasteiger partial charge < -0.3 is 5.21 Å². The zero-order valence-corrected chi connectivity index (χ0v) is 8.09. The van der Waals surface area contributed by atoms with Gasteiger partial charge in [-0.1, -0.05) is 25.9 Å². The molecule has 2 unspecified atom stereocenters. The van der Waals surface area contributed by atoms with Gasteiger partial charge in [0.2, 0.25) is 0 Å². The SMILES string of the molecule is CC12CC(C/C1=N/O)C(C)(C)C2. The summed E-state index contributed by atoms with van der Waals surface area (Å²) >= 11 is 0. The minimum absolute atomic E-state index is 0.211. The molecule has 2 atom stereocenters. The van der Waals surface area contributed by atoms with Crippen LogP contribution in [0.25, 0.3) is 0 Å². The first-order chi connectivity index (χ1) is 5.48. The van der Waals surface area contributed by atoms with E-state index in [-0.39, 0.29) is 5.41 Å². The Kier molecular flexibility index (Phi) is 1.37. The van der Waals surface area contributed by atoms with Gasteiger partial charge in [0.05, 0.1) is 5.71 Å². The number of nitrogens with zero attached hydrogens (tertiary/aromatic N) is 1. The number of hydrogen-bond donors (Lipinski definition) is 1. The summed E-state index contributed by atoms with van der Waals surface area (Å²) in [4.78, 5) is 0. The smallest absolute Gasteiger partial charge is 0.0632 e. The van der Waals surface area contributed by atoms with Gasteiger partial charge in [-0.3, -0.25) is 0 Å². The highest BCUT2D eigenvalue weighted by Crippen LogP contribution is 2.60. The van der Waals surface area contributed by atoms with Crippen LogP contribution in [0, 0.1) is 16.7 Å². The van der Waals surface area contributed by atoms with Crippen molar-refractivity contribution in [1.29, 1.82) is 0 Å². The number of fused-ring (bicyclic) bond motifs is 2. The Balaban J connectivity index is 2.33. The Morgan fingerprint density at radius 2 is 2.08 bits per heavy atom. The van der Waals surface area contributed by atoms with E-state index in [2.05, 4.69) is 25.9 Å². The first-order valence-corrected chi connectivity index (χ1v) is 4.69. The average Bonchev–Trinajstić information content (AvgIpc) is 2.34. The Labute approximate surface area is 73.7 Å². The quantitative estimate of drug-likeness (QED) is 0.436. The lowest BCUT2D eigenvalue weighted by Crippen LogP contribution is -2.30. The molecular weight excluding hydrogens is 150 g/mol. The predicted molar refractivity (Wildman–Crippen MR) is 48.5 cm³/mol. The Bertz CT molecular complexity index is 244. The maximum atomic E-state index is 8.81. The van der Waals surface area contributed by atoms with Crippen molar-refractivity contribution in [2.24, 2.45) is 21.9 Å². The van der Waals surface area contributed by atoms with Crippen molar-refractivity contribution in [1.82, 2.24) is 0 Å². The Hall–Kier alpha value is -0.530. The van der Waals surface area contributed by atoms with Crippen LogP contribution in [0.15, 0.2) is 5.16 Å². The van der Waals surface area contributed by atoms with Gasteiger partial charge in [-0.15, -0.1) is 0 Å². The molecule has 2 heteroatoms. The Morgan fingerprint density at radius 1 is 1.42 bits per heavy atom. The normalized spacial score (nSPS) is 47.2. The maximum absolute atomic E-state index is 8.81. The molecule has 2 bridgehead atoms. The standard InChI is InChI=1S/C10H17NO/c1-9(2)6-10(3)5-7(9)4-8(10)11-12/h7,12H,4-6H2,1-3H3/b11-8-. The van der Waals surface area contributed by atoms with E-state index in [0.29, 0.717) is 5.41 Å². The van der Waals surface area contributed by atoms with E-state index < -0.39 is 0 Å². The molecule has 0 heterocycles. The number of rotatable bonds is 0. The topological polar surface area (TPSA) is 32.6 Å². The Morgan fingerprint density at radius 3 is 2.42 bits per heavy atom. The minimum atomic E-state index is 0.211. The average molecular weight is 167 g/mol. The van der Waals surface area contributed by atoms with Gasteiger partial charge in [0.15, 0.2) is 0 Å². The monoisotopic (exact) mass is 167 g/mol. The van der Waals surface area contributed by atoms with Crippen LogP contribution in [0.3, 0.4) is 0 Å². The van der Waals surface area contributed by atoms with E-state index in [9.17, 15) is 0 Å². The number of hydrogen-bond acceptors (Lipinski definition) is 2. The summed E-state index contributed by atoms with van der Waals surface area (Å²) in [6, 6.07) is 0. The van der Waals surface area contributed by atoms with Crippen LogP contribution in [-0.2, 0) is 0 Å². The highest BCUT2D eigenvalue weighted by Gasteiger charge is 2.55. The predicted octanol–water partition coefficient (Wildman–Crippen LogP) is 2.66. The van der Waals surface area contributed by atoms with Crippen molar-refractivity contribution < 1.29 is 5.21 Å². The van der Waals surface area contributed by atoms with E-state index in [1.165, 1.54) is 12.8 Å². The summed E-state index contributed by atoms with van der Waals surface area (Å²) in [5.41, 5.74) is 1.71. The molecule has 0 saturated heterocycles. The van der Waals surface area contributed by atoms with Crippen molar-refractivity contribution in [3.8, 4) is 0 Å². The van der Waals surface area contributed by atoms with Crippen molar-refractivity contribution >= 4 is 5.71 Å². The van der Waals surface area contributed by atoms with Gasteiger partial charge in [0.25, 0.3) is 0 Å². The molecule has 2 aliphatic carbocycles. The fourth-order valence-electron chi connectivity index (χ4n) is 3.25. The molecule has 0 aromatic heterocycles. The third-order valence-corrected chi connectivity index (χ3v) is 3.91. The molecule has 68 valence electrons. The van der Waals surface area contributed by atoms with Crippen LogP contribution < -0.4 is 0 Å². The highest BCUT2D eigenvalue weighted by atomic mass is 16.4. The van der Waals surface area contributed by atoms with Crippen molar-refractivity contribution in [2.75, 3.05) is 0 Å². The molecule has 0 spiro atoms. The summed E-state index contributed by atoms with van der Waals surface area (Å²) in [7, 11) is 0. The summed E-state index contributed by atoms with van der Waals surface area (Å²) in [5, 5.41) is 12.2. The van der Waals surface area contributed by atoms with E-state index in [1.807, 2.05) is 0 Å². The lowest BCUT2D eigenvalue weighted by atomic mass is 9.72. The molecule has 2 saturated carbocycles. The zero-order valence-electron chi connectivity index (χ0n) is 8.09. The molecule has 0 aromatic carbocycles. The van der Waals surface area contributed by atoms with Crippen LogP contribution in [0.5, 0.6) is 0 Å². The maximum Gasteiger partial charge on any atom is 0.0632 e. The van der Waals surface area contributed by atoms with Crippen LogP contribution in [-0.4, -0.2) is 10.9 Å².